The van der Waals surface area contributed by atoms with E-state index in [2.05, 4.69) is 10.6 Å². The molecule has 1 unspecified atom stereocenters. The number of hydrogen-bond acceptors (Lipinski definition) is 4. The number of rotatable bonds is 6. The Kier molecular flexibility index (Phi) is 7.02. The number of nitrogens with one attached hydrogen (secondary N) is 2. The van der Waals surface area contributed by atoms with Gasteiger partial charge in [-0.1, -0.05) is 0 Å². The average molecular weight is 391 g/mol. The van der Waals surface area contributed by atoms with Crippen LogP contribution in [0.1, 0.15) is 36.0 Å². The number of piperidine rings is 2. The molecular formula is C21H30FN3O3. The normalized spacial score (nSPS) is 21.9. The molecule has 0 saturated carbocycles. The fraction of sp³-hybridized carbons (Fsp3) is 0.619. The smallest absolute Gasteiger partial charge is 0.253 e. The van der Waals surface area contributed by atoms with Crippen LogP contribution in [0, 0.1) is 17.2 Å². The van der Waals surface area contributed by atoms with Gasteiger partial charge in [-0.3, -0.25) is 9.59 Å². The maximum Gasteiger partial charge on any atom is 0.253 e. The summed E-state index contributed by atoms with van der Waals surface area (Å²) in [5.41, 5.74) is 0.435. The van der Waals surface area contributed by atoms with Crippen molar-refractivity contribution in [3.8, 4) is 0 Å². The zero-order chi connectivity index (χ0) is 20.0. The molecule has 6 nitrogen and oxygen atoms in total. The second kappa shape index (κ2) is 9.47. The van der Waals surface area contributed by atoms with E-state index in [-0.39, 0.29) is 29.0 Å². The van der Waals surface area contributed by atoms with Gasteiger partial charge in [-0.25, -0.2) is 4.39 Å². The molecule has 1 atom stereocenters. The molecule has 0 bridgehead atoms. The monoisotopic (exact) mass is 391 g/mol. The number of likely N-dealkylation sites (tertiary alicyclic amines) is 1. The molecule has 28 heavy (non-hydrogen) atoms. The number of methoxy groups -OCH3 is 1. The lowest BCUT2D eigenvalue weighted by atomic mass is 9.79. The summed E-state index contributed by atoms with van der Waals surface area (Å²) in [5, 5.41) is 6.47. The van der Waals surface area contributed by atoms with Crippen LogP contribution < -0.4 is 10.6 Å². The summed E-state index contributed by atoms with van der Waals surface area (Å²) in [4.78, 5) is 27.2. The third-order valence-electron chi connectivity index (χ3n) is 5.92. The van der Waals surface area contributed by atoms with Gasteiger partial charge in [0.15, 0.2) is 0 Å². The highest BCUT2D eigenvalue weighted by Crippen LogP contribution is 2.28. The van der Waals surface area contributed by atoms with E-state index in [1.54, 1.807) is 12.0 Å². The molecule has 2 N–H and O–H groups in total. The summed E-state index contributed by atoms with van der Waals surface area (Å²) in [6, 6.07) is 5.56. The van der Waals surface area contributed by atoms with Gasteiger partial charge < -0.3 is 20.3 Å². The second-order valence-corrected chi connectivity index (χ2v) is 8.00. The van der Waals surface area contributed by atoms with Crippen molar-refractivity contribution < 1.29 is 18.7 Å². The van der Waals surface area contributed by atoms with Crippen LogP contribution in [-0.2, 0) is 9.53 Å². The maximum absolute atomic E-state index is 13.1. The molecule has 1 aromatic carbocycles. The quantitative estimate of drug-likeness (QED) is 0.776. The van der Waals surface area contributed by atoms with E-state index in [4.69, 9.17) is 4.74 Å². The minimum atomic E-state index is -0.365. The van der Waals surface area contributed by atoms with Crippen LogP contribution in [-0.4, -0.2) is 63.2 Å². The number of hydrogen-bond donors (Lipinski definition) is 2. The van der Waals surface area contributed by atoms with Crippen LogP contribution in [0.25, 0.3) is 0 Å². The van der Waals surface area contributed by atoms with Gasteiger partial charge in [-0.05, 0) is 63.0 Å². The fourth-order valence-corrected chi connectivity index (χ4v) is 4.21. The van der Waals surface area contributed by atoms with E-state index in [1.807, 2.05) is 0 Å². The van der Waals surface area contributed by atoms with Crippen molar-refractivity contribution in [2.45, 2.75) is 25.7 Å². The Balaban J connectivity index is 1.56. The number of nitrogens with zero attached hydrogens (tertiary/aromatic N) is 1. The second-order valence-electron chi connectivity index (χ2n) is 8.00. The fourth-order valence-electron chi connectivity index (χ4n) is 4.21. The minimum absolute atomic E-state index is 0.00520. The van der Waals surface area contributed by atoms with E-state index < -0.39 is 0 Å². The average Bonchev–Trinajstić information content (AvgIpc) is 2.73. The van der Waals surface area contributed by atoms with Crippen molar-refractivity contribution in [1.82, 2.24) is 15.5 Å². The highest BCUT2D eigenvalue weighted by atomic mass is 19.1. The summed E-state index contributed by atoms with van der Waals surface area (Å²) in [5.74, 6) is -0.716. The number of ether oxygens (including phenoxy) is 1. The molecule has 0 radical (unpaired) electrons. The van der Waals surface area contributed by atoms with Gasteiger partial charge in [0.2, 0.25) is 5.91 Å². The third kappa shape index (κ3) is 5.08. The molecule has 154 valence electrons. The summed E-state index contributed by atoms with van der Waals surface area (Å²) < 4.78 is 18.5. The van der Waals surface area contributed by atoms with E-state index in [0.29, 0.717) is 31.8 Å². The molecule has 2 saturated heterocycles. The van der Waals surface area contributed by atoms with Crippen LogP contribution >= 0.6 is 0 Å². The van der Waals surface area contributed by atoms with Crippen LogP contribution in [0.3, 0.4) is 0 Å². The molecule has 2 aliphatic heterocycles. The van der Waals surface area contributed by atoms with Gasteiger partial charge in [-0.15, -0.1) is 0 Å². The molecule has 3 rings (SSSR count). The molecule has 2 amide bonds. The Bertz CT molecular complexity index is 668. The molecule has 0 aromatic heterocycles. The lowest BCUT2D eigenvalue weighted by Crippen LogP contribution is -2.50. The van der Waals surface area contributed by atoms with Gasteiger partial charge in [0.1, 0.15) is 5.82 Å². The van der Waals surface area contributed by atoms with Crippen LogP contribution in [0.2, 0.25) is 0 Å². The number of benzene rings is 1. The standard InChI is InChI=1S/C21H30FN3O3/c1-28-15-21(8-10-23-11-9-21)14-24-19(26)17-3-2-12-25(13-17)20(27)16-4-6-18(22)7-5-16/h4-7,17,23H,2-3,8-15H2,1H3,(H,24,26). The van der Waals surface area contributed by atoms with E-state index >= 15 is 0 Å². The number of halogens is 1. The maximum atomic E-state index is 13.1. The SMILES string of the molecule is COCC1(CNC(=O)C2CCCN(C(=O)c3ccc(F)cc3)C2)CCNCC1. The van der Waals surface area contributed by atoms with Gasteiger partial charge >= 0.3 is 0 Å². The first-order valence-corrected chi connectivity index (χ1v) is 10.1. The zero-order valence-electron chi connectivity index (χ0n) is 16.5. The Morgan fingerprint density at radius 3 is 2.68 bits per heavy atom. The summed E-state index contributed by atoms with van der Waals surface area (Å²) in [6.07, 6.45) is 3.51. The molecule has 1 aromatic rings. The van der Waals surface area contributed by atoms with Gasteiger partial charge in [-0.2, -0.15) is 0 Å². The predicted molar refractivity (Wildman–Crippen MR) is 104 cm³/mol. The molecule has 2 fully saturated rings. The van der Waals surface area contributed by atoms with E-state index in [0.717, 1.165) is 38.8 Å². The largest absolute Gasteiger partial charge is 0.384 e. The van der Waals surface area contributed by atoms with Crippen LogP contribution in [0.15, 0.2) is 24.3 Å². The third-order valence-corrected chi connectivity index (χ3v) is 5.92. The molecule has 2 heterocycles. The van der Waals surface area contributed by atoms with Crippen LogP contribution in [0.4, 0.5) is 4.39 Å². The first kappa shape index (κ1) is 20.7. The zero-order valence-corrected chi connectivity index (χ0v) is 16.5. The lowest BCUT2D eigenvalue weighted by Gasteiger charge is -2.38. The van der Waals surface area contributed by atoms with Crippen molar-refractivity contribution in [2.75, 3.05) is 46.4 Å². The Morgan fingerprint density at radius 1 is 1.29 bits per heavy atom. The van der Waals surface area contributed by atoms with Crippen molar-refractivity contribution >= 4 is 11.8 Å². The number of amides is 2. The predicted octanol–water partition coefficient (Wildman–Crippen LogP) is 1.81. The minimum Gasteiger partial charge on any atom is -0.384 e. The molecule has 2 aliphatic rings. The first-order chi connectivity index (χ1) is 13.5. The first-order valence-electron chi connectivity index (χ1n) is 10.1. The number of carbonyl (C=O) groups is 2. The van der Waals surface area contributed by atoms with Crippen molar-refractivity contribution in [3.05, 3.63) is 35.6 Å². The van der Waals surface area contributed by atoms with Gasteiger partial charge in [0.05, 0.1) is 12.5 Å². The van der Waals surface area contributed by atoms with Gasteiger partial charge in [0, 0.05) is 37.7 Å². The van der Waals surface area contributed by atoms with Crippen molar-refractivity contribution in [3.63, 3.8) is 0 Å². The summed E-state index contributed by atoms with van der Waals surface area (Å²) in [6.45, 7) is 4.13. The molecular weight excluding hydrogens is 361 g/mol. The van der Waals surface area contributed by atoms with E-state index in [1.165, 1.54) is 24.3 Å². The Hall–Kier alpha value is -1.99. The Morgan fingerprint density at radius 2 is 2.00 bits per heavy atom. The molecule has 0 spiro atoms. The Labute approximate surface area is 165 Å². The van der Waals surface area contributed by atoms with Gasteiger partial charge in [0.25, 0.3) is 5.91 Å². The number of carbonyl (C=O) groups excluding carboxylic acids is 2. The summed E-state index contributed by atoms with van der Waals surface area (Å²) in [7, 11) is 1.70. The van der Waals surface area contributed by atoms with Crippen molar-refractivity contribution in [2.24, 2.45) is 11.3 Å². The van der Waals surface area contributed by atoms with E-state index in [9.17, 15) is 14.0 Å². The topological polar surface area (TPSA) is 70.7 Å². The summed E-state index contributed by atoms with van der Waals surface area (Å²) >= 11 is 0. The molecule has 0 aliphatic carbocycles. The van der Waals surface area contributed by atoms with Crippen LogP contribution in [0.5, 0.6) is 0 Å². The highest BCUT2D eigenvalue weighted by molar-refractivity contribution is 5.94. The molecule has 7 heteroatoms. The lowest BCUT2D eigenvalue weighted by molar-refractivity contribution is -0.127. The highest BCUT2D eigenvalue weighted by Gasteiger charge is 2.34. The van der Waals surface area contributed by atoms with Crippen molar-refractivity contribution in [1.29, 1.82) is 0 Å².